The number of allylic oxidation sites excluding steroid dienone is 1. The molecule has 4 aliphatic carbocycles. The van der Waals surface area contributed by atoms with Crippen LogP contribution in [0.25, 0.3) is 0 Å². The first kappa shape index (κ1) is 20.9. The normalized spacial score (nSPS) is 58.4. The van der Waals surface area contributed by atoms with E-state index in [0.717, 1.165) is 32.1 Å². The molecule has 2 N–H and O–H groups in total. The summed E-state index contributed by atoms with van der Waals surface area (Å²) in [4.78, 5) is 0. The highest BCUT2D eigenvalue weighted by atomic mass is 16.7. The molecule has 4 nitrogen and oxygen atoms in total. The number of hydrogen-bond acceptors (Lipinski definition) is 4. The molecule has 5 fully saturated rings. The summed E-state index contributed by atoms with van der Waals surface area (Å²) in [6, 6.07) is 0. The van der Waals surface area contributed by atoms with Gasteiger partial charge in [-0.2, -0.15) is 0 Å². The van der Waals surface area contributed by atoms with Crippen molar-refractivity contribution in [1.29, 1.82) is 0 Å². The Hall–Kier alpha value is -0.680. The first-order chi connectivity index (χ1) is 14.7. The SMILES string of the molecule is C=C1CC[C@]2(OC1)O[C@@H]1C[C@@H]3[C@H]4CC=C5C[C@@H](O)C[C@H](O)[C@@]5(C)[C@@H]4CC[C@@]3(C)[C@@H]1[C@H]2C. The van der Waals surface area contributed by atoms with Crippen LogP contribution < -0.4 is 0 Å². The average molecular weight is 429 g/mol. The Bertz CT molecular complexity index is 808. The van der Waals surface area contributed by atoms with Crippen molar-refractivity contribution in [2.24, 2.45) is 40.4 Å². The van der Waals surface area contributed by atoms with Crippen molar-refractivity contribution in [3.05, 3.63) is 23.8 Å². The number of fused-ring (bicyclic) bond motifs is 7. The van der Waals surface area contributed by atoms with Gasteiger partial charge in [-0.3, -0.25) is 0 Å². The zero-order valence-electron chi connectivity index (χ0n) is 19.5. The number of hydrogen-bond donors (Lipinski definition) is 2. The Balaban J connectivity index is 1.30. The number of rotatable bonds is 0. The molecular formula is C27H40O4. The highest BCUT2D eigenvalue weighted by molar-refractivity contribution is 5.28. The third kappa shape index (κ3) is 2.62. The summed E-state index contributed by atoms with van der Waals surface area (Å²) in [7, 11) is 0. The zero-order valence-corrected chi connectivity index (χ0v) is 19.5. The summed E-state index contributed by atoms with van der Waals surface area (Å²) in [5, 5.41) is 21.4. The quantitative estimate of drug-likeness (QED) is 0.554. The smallest absolute Gasteiger partial charge is 0.172 e. The highest BCUT2D eigenvalue weighted by Crippen LogP contribution is 2.70. The third-order valence-electron chi connectivity index (χ3n) is 11.2. The van der Waals surface area contributed by atoms with Gasteiger partial charge in [0.2, 0.25) is 0 Å². The summed E-state index contributed by atoms with van der Waals surface area (Å²) >= 11 is 0. The minimum Gasteiger partial charge on any atom is -0.393 e. The molecule has 0 unspecified atom stereocenters. The molecule has 1 spiro atoms. The van der Waals surface area contributed by atoms with E-state index in [-0.39, 0.29) is 16.9 Å². The second-order valence-corrected chi connectivity index (χ2v) is 12.3. The standard InChI is InChI=1S/C27H40O4/c1-15-7-10-27(30-14-15)16(2)24-22(31-27)13-21-19-6-5-17-11-18(28)12-23(29)26(17,4)20(19)8-9-25(21,24)3/h5,16,18-24,28-29H,1,6-14H2,2-4H3/t16-,18-,19+,20-,21-,22-,23+,24-,25-,26-,27+/m1/s1. The van der Waals surface area contributed by atoms with Crippen molar-refractivity contribution in [2.45, 2.75) is 96.2 Å². The van der Waals surface area contributed by atoms with Crippen molar-refractivity contribution in [3.63, 3.8) is 0 Å². The van der Waals surface area contributed by atoms with Crippen molar-refractivity contribution in [1.82, 2.24) is 0 Å². The van der Waals surface area contributed by atoms with E-state index < -0.39 is 11.9 Å². The Kier molecular flexibility index (Phi) is 4.50. The lowest BCUT2D eigenvalue weighted by atomic mass is 9.46. The van der Waals surface area contributed by atoms with Gasteiger partial charge in [0.15, 0.2) is 5.79 Å². The summed E-state index contributed by atoms with van der Waals surface area (Å²) in [5.74, 6) is 2.35. The van der Waals surface area contributed by atoms with Gasteiger partial charge < -0.3 is 19.7 Å². The van der Waals surface area contributed by atoms with Gasteiger partial charge in [-0.25, -0.2) is 0 Å². The maximum absolute atomic E-state index is 11.1. The molecule has 6 aliphatic rings. The average Bonchev–Trinajstić information content (AvgIpc) is 3.16. The summed E-state index contributed by atoms with van der Waals surface area (Å²) in [6.45, 7) is 12.0. The van der Waals surface area contributed by atoms with E-state index in [1.165, 1.54) is 24.0 Å². The predicted molar refractivity (Wildman–Crippen MR) is 119 cm³/mol. The molecule has 31 heavy (non-hydrogen) atoms. The molecule has 0 radical (unpaired) electrons. The highest BCUT2D eigenvalue weighted by Gasteiger charge is 2.69. The lowest BCUT2D eigenvalue weighted by molar-refractivity contribution is -0.255. The fraction of sp³-hybridized carbons (Fsp3) is 0.852. The van der Waals surface area contributed by atoms with Crippen LogP contribution in [0.1, 0.15) is 72.1 Å². The molecular weight excluding hydrogens is 388 g/mol. The van der Waals surface area contributed by atoms with Crippen molar-refractivity contribution < 1.29 is 19.7 Å². The van der Waals surface area contributed by atoms with Gasteiger partial charge in [0.1, 0.15) is 0 Å². The van der Waals surface area contributed by atoms with Crippen LogP contribution in [0.3, 0.4) is 0 Å². The van der Waals surface area contributed by atoms with Crippen LogP contribution in [0.5, 0.6) is 0 Å². The Labute approximate surface area is 187 Å². The molecule has 3 saturated carbocycles. The Morgan fingerprint density at radius 3 is 2.68 bits per heavy atom. The molecule has 0 aromatic rings. The number of aliphatic hydroxyl groups excluding tert-OH is 2. The minimum atomic E-state index is -0.428. The van der Waals surface area contributed by atoms with Gasteiger partial charge in [0, 0.05) is 24.2 Å². The molecule has 2 aliphatic heterocycles. The van der Waals surface area contributed by atoms with Gasteiger partial charge in [-0.15, -0.1) is 0 Å². The fourth-order valence-electron chi connectivity index (χ4n) is 9.55. The Morgan fingerprint density at radius 2 is 1.94 bits per heavy atom. The minimum absolute atomic E-state index is 0.165. The molecule has 0 amide bonds. The van der Waals surface area contributed by atoms with Crippen LogP contribution in [-0.4, -0.2) is 40.9 Å². The molecule has 11 atom stereocenters. The van der Waals surface area contributed by atoms with Crippen LogP contribution in [0.4, 0.5) is 0 Å². The summed E-state index contributed by atoms with van der Waals surface area (Å²) in [5.41, 5.74) is 2.63. The van der Waals surface area contributed by atoms with Crippen LogP contribution >= 0.6 is 0 Å². The van der Waals surface area contributed by atoms with Crippen molar-refractivity contribution >= 4 is 0 Å². The van der Waals surface area contributed by atoms with Gasteiger partial charge in [-0.05, 0) is 67.6 Å². The summed E-state index contributed by atoms with van der Waals surface area (Å²) < 4.78 is 13.2. The van der Waals surface area contributed by atoms with Crippen LogP contribution in [0.2, 0.25) is 0 Å². The van der Waals surface area contributed by atoms with E-state index in [1.54, 1.807) is 0 Å². The van der Waals surface area contributed by atoms with Crippen LogP contribution in [0, 0.1) is 40.4 Å². The van der Waals surface area contributed by atoms with E-state index in [9.17, 15) is 10.2 Å². The molecule has 6 rings (SSSR count). The van der Waals surface area contributed by atoms with E-state index in [0.29, 0.717) is 48.7 Å². The van der Waals surface area contributed by atoms with E-state index in [1.807, 2.05) is 0 Å². The largest absolute Gasteiger partial charge is 0.393 e. The summed E-state index contributed by atoms with van der Waals surface area (Å²) in [6.07, 6.45) is 9.75. The molecule has 172 valence electrons. The van der Waals surface area contributed by atoms with Crippen LogP contribution in [0.15, 0.2) is 23.8 Å². The Morgan fingerprint density at radius 1 is 1.13 bits per heavy atom. The first-order valence-electron chi connectivity index (χ1n) is 12.7. The molecule has 4 heteroatoms. The monoisotopic (exact) mass is 428 g/mol. The second-order valence-electron chi connectivity index (χ2n) is 12.3. The van der Waals surface area contributed by atoms with E-state index in [4.69, 9.17) is 9.47 Å². The van der Waals surface area contributed by atoms with E-state index >= 15 is 0 Å². The van der Waals surface area contributed by atoms with Gasteiger partial charge >= 0.3 is 0 Å². The lowest BCUT2D eigenvalue weighted by Crippen LogP contribution is -2.56. The third-order valence-corrected chi connectivity index (χ3v) is 11.2. The van der Waals surface area contributed by atoms with Crippen molar-refractivity contribution in [2.75, 3.05) is 6.61 Å². The number of ether oxygens (including phenoxy) is 2. The van der Waals surface area contributed by atoms with E-state index in [2.05, 4.69) is 33.4 Å². The molecule has 2 heterocycles. The second kappa shape index (κ2) is 6.68. The molecule has 0 aromatic heterocycles. The van der Waals surface area contributed by atoms with Crippen molar-refractivity contribution in [3.8, 4) is 0 Å². The van der Waals surface area contributed by atoms with Gasteiger partial charge in [0.05, 0.1) is 24.9 Å². The fourth-order valence-corrected chi connectivity index (χ4v) is 9.55. The van der Waals surface area contributed by atoms with Gasteiger partial charge in [-0.1, -0.05) is 44.6 Å². The maximum atomic E-state index is 11.1. The van der Waals surface area contributed by atoms with Gasteiger partial charge in [0.25, 0.3) is 0 Å². The zero-order chi connectivity index (χ0) is 21.8. The molecule has 0 bridgehead atoms. The lowest BCUT2D eigenvalue weighted by Gasteiger charge is -2.59. The van der Waals surface area contributed by atoms with Crippen LogP contribution in [-0.2, 0) is 9.47 Å². The maximum Gasteiger partial charge on any atom is 0.172 e. The predicted octanol–water partition coefficient (Wildman–Crippen LogP) is 4.60. The molecule has 0 aromatic carbocycles. The topological polar surface area (TPSA) is 58.9 Å². The molecule has 2 saturated heterocycles. The first-order valence-corrected chi connectivity index (χ1v) is 12.7. The number of aliphatic hydroxyl groups is 2.